The molecule has 0 spiro atoms. The van der Waals surface area contributed by atoms with E-state index in [4.69, 9.17) is 46.4 Å². The second-order valence-corrected chi connectivity index (χ2v) is 16.3. The second kappa shape index (κ2) is 13.9. The molecule has 4 heteroatoms. The van der Waals surface area contributed by atoms with Gasteiger partial charge in [0, 0.05) is 33.0 Å². The average Bonchev–Trinajstić information content (AvgIpc) is 3.26. The Balaban J connectivity index is 1.17. The second-order valence-electron chi connectivity index (χ2n) is 14.8. The Labute approximate surface area is 355 Å². The average molecular weight is 821 g/mol. The van der Waals surface area contributed by atoms with Crippen LogP contribution in [0.3, 0.4) is 0 Å². The Morgan fingerprint density at radius 1 is 0.207 bits per heavy atom. The van der Waals surface area contributed by atoms with Gasteiger partial charge in [0.15, 0.2) is 0 Å². The van der Waals surface area contributed by atoms with Crippen LogP contribution in [0.15, 0.2) is 182 Å². The smallest absolute Gasteiger partial charge is 0.0578 e. The zero-order chi connectivity index (χ0) is 39.1. The van der Waals surface area contributed by atoms with Crippen LogP contribution in [0.25, 0.3) is 109 Å². The zero-order valence-electron chi connectivity index (χ0n) is 30.8. The molecule has 0 saturated carbocycles. The molecule has 0 unspecified atom stereocenters. The van der Waals surface area contributed by atoms with Crippen LogP contribution in [-0.2, 0) is 0 Å². The van der Waals surface area contributed by atoms with E-state index in [9.17, 15) is 0 Å². The Kier molecular flexibility index (Phi) is 8.47. The molecule has 0 radical (unpaired) electrons. The van der Waals surface area contributed by atoms with Crippen LogP contribution in [0.5, 0.6) is 0 Å². The van der Waals surface area contributed by atoms with Gasteiger partial charge in [0.1, 0.15) is 0 Å². The molecular formula is C54H30Cl4. The van der Waals surface area contributed by atoms with Crippen molar-refractivity contribution in [2.24, 2.45) is 0 Å². The highest BCUT2D eigenvalue weighted by Crippen LogP contribution is 2.53. The standard InChI is InChI=1S/C54H30Cl4/c55-45-29-43-41(53(57)51(45)49-37-23-11-7-19-33(37)47(31-15-3-1-4-16-31)34-20-8-12-24-38(34)49)27-28-42-44(43)30-46(56)52(54(42)58)50-39-25-13-9-21-35(39)48(32-17-5-2-6-18-32)36-22-10-14-26-40(36)50/h1-30H. The molecular weight excluding hydrogens is 790 g/mol. The van der Waals surface area contributed by atoms with E-state index in [1.165, 1.54) is 11.1 Å². The fourth-order valence-corrected chi connectivity index (χ4v) is 10.7. The van der Waals surface area contributed by atoms with E-state index in [1.54, 1.807) is 0 Å². The van der Waals surface area contributed by atoms with E-state index in [2.05, 4.69) is 170 Å². The van der Waals surface area contributed by atoms with Crippen LogP contribution in [0.1, 0.15) is 0 Å². The summed E-state index contributed by atoms with van der Waals surface area (Å²) >= 11 is 30.1. The lowest BCUT2D eigenvalue weighted by atomic mass is 9.84. The van der Waals surface area contributed by atoms with Crippen LogP contribution >= 0.6 is 46.4 Å². The molecule has 0 aromatic heterocycles. The van der Waals surface area contributed by atoms with Crippen LogP contribution in [0.4, 0.5) is 0 Å². The van der Waals surface area contributed by atoms with Crippen LogP contribution in [0, 0.1) is 0 Å². The number of benzene rings is 11. The van der Waals surface area contributed by atoms with Crippen LogP contribution in [0.2, 0.25) is 20.1 Å². The van der Waals surface area contributed by atoms with Gasteiger partial charge >= 0.3 is 0 Å². The summed E-state index contributed by atoms with van der Waals surface area (Å²) in [6.07, 6.45) is 0. The van der Waals surface area contributed by atoms with Crippen molar-refractivity contribution in [2.75, 3.05) is 0 Å². The van der Waals surface area contributed by atoms with Gasteiger partial charge in [0.2, 0.25) is 0 Å². The maximum Gasteiger partial charge on any atom is 0.0578 e. The van der Waals surface area contributed by atoms with E-state index in [-0.39, 0.29) is 0 Å². The summed E-state index contributed by atoms with van der Waals surface area (Å²) in [6.45, 7) is 0. The van der Waals surface area contributed by atoms with Gasteiger partial charge < -0.3 is 0 Å². The third kappa shape index (κ3) is 5.30. The molecule has 58 heavy (non-hydrogen) atoms. The topological polar surface area (TPSA) is 0 Å². The molecule has 11 aromatic rings. The number of halogens is 4. The van der Waals surface area contributed by atoms with Crippen molar-refractivity contribution in [3.63, 3.8) is 0 Å². The zero-order valence-corrected chi connectivity index (χ0v) is 33.9. The summed E-state index contributed by atoms with van der Waals surface area (Å²) < 4.78 is 0. The summed E-state index contributed by atoms with van der Waals surface area (Å²) in [5, 5.41) is 14.6. The van der Waals surface area contributed by atoms with Gasteiger partial charge in [-0.05, 0) is 88.2 Å². The Bertz CT molecular complexity index is 3130. The van der Waals surface area contributed by atoms with Gasteiger partial charge in [-0.15, -0.1) is 0 Å². The largest absolute Gasteiger partial charge is 0.0836 e. The third-order valence-corrected chi connectivity index (χ3v) is 13.1. The van der Waals surface area contributed by atoms with E-state index in [1.807, 2.05) is 12.1 Å². The SMILES string of the molecule is Clc1cc2c(ccc3c(Cl)c(-c4c5ccccc5c(-c5ccccc5)c5ccccc45)c(Cl)cc32)c(Cl)c1-c1c2ccccc2c(-c2ccccc2)c2ccccc12. The fraction of sp³-hybridized carbons (Fsp3) is 0. The highest BCUT2D eigenvalue weighted by molar-refractivity contribution is 6.48. The molecule has 0 saturated heterocycles. The Hall–Kier alpha value is -5.86. The minimum atomic E-state index is 0.553. The van der Waals surface area contributed by atoms with Crippen molar-refractivity contribution in [3.8, 4) is 44.5 Å². The summed E-state index contributed by atoms with van der Waals surface area (Å²) in [4.78, 5) is 0. The lowest BCUT2D eigenvalue weighted by Gasteiger charge is -2.21. The van der Waals surface area contributed by atoms with Gasteiger partial charge in [-0.1, -0.05) is 216 Å². The minimum absolute atomic E-state index is 0.553. The normalized spacial score (nSPS) is 11.8. The van der Waals surface area contributed by atoms with Crippen molar-refractivity contribution in [1.82, 2.24) is 0 Å². The van der Waals surface area contributed by atoms with E-state index in [0.29, 0.717) is 20.1 Å². The highest BCUT2D eigenvalue weighted by atomic mass is 35.5. The Morgan fingerprint density at radius 3 is 0.759 bits per heavy atom. The number of hydrogen-bond donors (Lipinski definition) is 0. The summed E-state index contributed by atoms with van der Waals surface area (Å²) in [5.74, 6) is 0. The lowest BCUT2D eigenvalue weighted by molar-refractivity contribution is 1.66. The van der Waals surface area contributed by atoms with Gasteiger partial charge in [0.05, 0.1) is 20.1 Å². The first-order valence-electron chi connectivity index (χ1n) is 19.2. The monoisotopic (exact) mass is 818 g/mol. The predicted molar refractivity (Wildman–Crippen MR) is 253 cm³/mol. The minimum Gasteiger partial charge on any atom is -0.0836 e. The van der Waals surface area contributed by atoms with E-state index >= 15 is 0 Å². The van der Waals surface area contributed by atoms with Crippen LogP contribution in [-0.4, -0.2) is 0 Å². The number of rotatable bonds is 4. The molecule has 0 amide bonds. The first-order chi connectivity index (χ1) is 28.5. The Morgan fingerprint density at radius 2 is 0.466 bits per heavy atom. The van der Waals surface area contributed by atoms with Crippen molar-refractivity contribution >= 4 is 111 Å². The maximum atomic E-state index is 7.59. The molecule has 0 atom stereocenters. The molecule has 0 aliphatic rings. The molecule has 0 N–H and O–H groups in total. The molecule has 0 heterocycles. The van der Waals surface area contributed by atoms with Crippen molar-refractivity contribution in [2.45, 2.75) is 0 Å². The van der Waals surface area contributed by atoms with Crippen molar-refractivity contribution in [1.29, 1.82) is 0 Å². The molecule has 0 fully saturated rings. The number of fused-ring (bicyclic) bond motifs is 7. The molecule has 11 rings (SSSR count). The van der Waals surface area contributed by atoms with Gasteiger partial charge in [-0.3, -0.25) is 0 Å². The summed E-state index contributed by atoms with van der Waals surface area (Å²) in [5.41, 5.74) is 8.29. The van der Waals surface area contributed by atoms with Crippen molar-refractivity contribution < 1.29 is 0 Å². The van der Waals surface area contributed by atoms with Gasteiger partial charge in [0.25, 0.3) is 0 Å². The van der Waals surface area contributed by atoms with Gasteiger partial charge in [-0.25, -0.2) is 0 Å². The van der Waals surface area contributed by atoms with E-state index in [0.717, 1.165) is 98.0 Å². The first-order valence-corrected chi connectivity index (χ1v) is 20.7. The van der Waals surface area contributed by atoms with Crippen molar-refractivity contribution in [3.05, 3.63) is 202 Å². The van der Waals surface area contributed by atoms with E-state index < -0.39 is 0 Å². The first kappa shape index (κ1) is 35.3. The summed E-state index contributed by atoms with van der Waals surface area (Å²) in [7, 11) is 0. The molecule has 0 nitrogen and oxygen atoms in total. The predicted octanol–water partition coefficient (Wildman–Crippen LogP) is 17.9. The quantitative estimate of drug-likeness (QED) is 0.123. The molecule has 0 bridgehead atoms. The maximum absolute atomic E-state index is 7.59. The number of hydrogen-bond acceptors (Lipinski definition) is 0. The fourth-order valence-electron chi connectivity index (χ4n) is 9.29. The molecule has 0 aliphatic carbocycles. The lowest BCUT2D eigenvalue weighted by Crippen LogP contribution is -1.94. The summed E-state index contributed by atoms with van der Waals surface area (Å²) in [6, 6.07) is 63.4. The molecule has 11 aromatic carbocycles. The van der Waals surface area contributed by atoms with Crippen LogP contribution < -0.4 is 0 Å². The molecule has 274 valence electrons. The molecule has 0 aliphatic heterocycles. The highest BCUT2D eigenvalue weighted by Gasteiger charge is 2.25. The van der Waals surface area contributed by atoms with Gasteiger partial charge in [-0.2, -0.15) is 0 Å². The third-order valence-electron chi connectivity index (χ3n) is 11.7.